The third kappa shape index (κ3) is 12.2. The highest BCUT2D eigenvalue weighted by Crippen LogP contribution is 2.06. The molecular formula is C17H32N6O6. The van der Waals surface area contributed by atoms with E-state index in [9.17, 15) is 24.3 Å². The summed E-state index contributed by atoms with van der Waals surface area (Å²) >= 11 is 0. The summed E-state index contributed by atoms with van der Waals surface area (Å²) in [6.45, 7) is 3.94. The van der Waals surface area contributed by atoms with Crippen molar-refractivity contribution in [2.75, 3.05) is 6.54 Å². The molecule has 0 aliphatic heterocycles. The summed E-state index contributed by atoms with van der Waals surface area (Å²) in [7, 11) is 0. The maximum Gasteiger partial charge on any atom is 0.326 e. The Labute approximate surface area is 169 Å². The van der Waals surface area contributed by atoms with Crippen LogP contribution in [-0.4, -0.2) is 64.6 Å². The van der Waals surface area contributed by atoms with Crippen molar-refractivity contribution in [2.24, 2.45) is 28.1 Å². The molecular weight excluding hydrogens is 384 g/mol. The molecule has 0 aliphatic rings. The summed E-state index contributed by atoms with van der Waals surface area (Å²) in [6.07, 6.45) is 0.119. The van der Waals surface area contributed by atoms with Crippen LogP contribution in [0.1, 0.15) is 46.0 Å². The SMILES string of the molecule is CC(C)CC(N)C(=O)NC(CCC(=O)O)C(=O)NC(CCCN=C(N)N)C(=O)O. The molecule has 12 heteroatoms. The van der Waals surface area contributed by atoms with Gasteiger partial charge < -0.3 is 38.0 Å². The van der Waals surface area contributed by atoms with Crippen LogP contribution in [0, 0.1) is 5.92 Å². The predicted molar refractivity (Wildman–Crippen MR) is 106 cm³/mol. The van der Waals surface area contributed by atoms with Gasteiger partial charge in [-0.15, -0.1) is 0 Å². The molecule has 3 atom stereocenters. The largest absolute Gasteiger partial charge is 0.481 e. The van der Waals surface area contributed by atoms with Gasteiger partial charge >= 0.3 is 11.9 Å². The molecule has 29 heavy (non-hydrogen) atoms. The molecule has 0 aromatic rings. The van der Waals surface area contributed by atoms with Gasteiger partial charge in [0.1, 0.15) is 12.1 Å². The summed E-state index contributed by atoms with van der Waals surface area (Å²) in [4.78, 5) is 50.7. The molecule has 0 saturated carbocycles. The van der Waals surface area contributed by atoms with Gasteiger partial charge in [-0.3, -0.25) is 19.4 Å². The number of nitrogens with one attached hydrogen (secondary N) is 2. The zero-order chi connectivity index (χ0) is 22.6. The maximum atomic E-state index is 12.5. The van der Waals surface area contributed by atoms with Crippen LogP contribution >= 0.6 is 0 Å². The quantitative estimate of drug-likeness (QED) is 0.0975. The molecule has 3 unspecified atom stereocenters. The third-order valence-corrected chi connectivity index (χ3v) is 3.90. The molecule has 0 radical (unpaired) electrons. The highest BCUT2D eigenvalue weighted by molar-refractivity contribution is 5.92. The van der Waals surface area contributed by atoms with E-state index in [1.54, 1.807) is 0 Å². The number of carbonyl (C=O) groups excluding carboxylic acids is 2. The standard InChI is InChI=1S/C17H32N6O6/c1-9(2)8-10(18)14(26)22-11(5-6-13(24)25)15(27)23-12(16(28)29)4-3-7-21-17(19)20/h9-12H,3-8,18H2,1-2H3,(H,22,26)(H,23,27)(H,24,25)(H,28,29)(H4,19,20,21). The number of aliphatic carboxylic acids is 2. The lowest BCUT2D eigenvalue weighted by Gasteiger charge is -2.23. The first kappa shape index (κ1) is 26.1. The van der Waals surface area contributed by atoms with Crippen LogP contribution in [0.4, 0.5) is 0 Å². The van der Waals surface area contributed by atoms with E-state index in [0.717, 1.165) is 0 Å². The zero-order valence-electron chi connectivity index (χ0n) is 16.8. The van der Waals surface area contributed by atoms with Gasteiger partial charge in [-0.1, -0.05) is 13.8 Å². The minimum absolute atomic E-state index is 0.0459. The topological polar surface area (TPSA) is 223 Å². The van der Waals surface area contributed by atoms with Crippen molar-refractivity contribution >= 4 is 29.7 Å². The summed E-state index contributed by atoms with van der Waals surface area (Å²) in [6, 6.07) is -3.34. The van der Waals surface area contributed by atoms with E-state index >= 15 is 0 Å². The first-order valence-corrected chi connectivity index (χ1v) is 9.30. The number of nitrogens with zero attached hydrogens (tertiary/aromatic N) is 1. The Hall–Kier alpha value is -2.89. The van der Waals surface area contributed by atoms with E-state index in [2.05, 4.69) is 15.6 Å². The molecule has 12 nitrogen and oxygen atoms in total. The number of carboxylic acids is 2. The van der Waals surface area contributed by atoms with Crippen molar-refractivity contribution < 1.29 is 29.4 Å². The van der Waals surface area contributed by atoms with Crippen LogP contribution < -0.4 is 27.8 Å². The van der Waals surface area contributed by atoms with E-state index < -0.39 is 41.9 Å². The number of hydrogen-bond acceptors (Lipinski definition) is 6. The molecule has 0 aliphatic carbocycles. The van der Waals surface area contributed by atoms with Gasteiger partial charge in [-0.2, -0.15) is 0 Å². The molecule has 10 N–H and O–H groups in total. The number of guanidine groups is 1. The number of carboxylic acid groups (broad SMARTS) is 2. The highest BCUT2D eigenvalue weighted by atomic mass is 16.4. The molecule has 0 bridgehead atoms. The second-order valence-corrected chi connectivity index (χ2v) is 7.08. The summed E-state index contributed by atoms with van der Waals surface area (Å²) < 4.78 is 0. The second kappa shape index (κ2) is 13.3. The molecule has 0 aromatic heterocycles. The fourth-order valence-electron chi connectivity index (χ4n) is 2.46. The Morgan fingerprint density at radius 1 is 0.966 bits per heavy atom. The minimum atomic E-state index is -1.28. The lowest BCUT2D eigenvalue weighted by atomic mass is 10.0. The fraction of sp³-hybridized carbons (Fsp3) is 0.706. The molecule has 0 rings (SSSR count). The van der Waals surface area contributed by atoms with Crippen LogP contribution in [0.3, 0.4) is 0 Å². The molecule has 166 valence electrons. The predicted octanol–water partition coefficient (Wildman–Crippen LogP) is -1.67. The van der Waals surface area contributed by atoms with E-state index in [1.165, 1.54) is 0 Å². The van der Waals surface area contributed by atoms with Crippen molar-refractivity contribution in [3.63, 3.8) is 0 Å². The summed E-state index contributed by atoms with van der Waals surface area (Å²) in [5.41, 5.74) is 16.2. The van der Waals surface area contributed by atoms with Crippen LogP contribution in [0.5, 0.6) is 0 Å². The fourth-order valence-corrected chi connectivity index (χ4v) is 2.46. The molecule has 2 amide bonds. The lowest BCUT2D eigenvalue weighted by Crippen LogP contribution is -2.54. The lowest BCUT2D eigenvalue weighted by molar-refractivity contribution is -0.143. The normalized spacial score (nSPS) is 13.8. The summed E-state index contributed by atoms with van der Waals surface area (Å²) in [5, 5.41) is 22.9. The Kier molecular flexibility index (Phi) is 12.0. The smallest absolute Gasteiger partial charge is 0.326 e. The highest BCUT2D eigenvalue weighted by Gasteiger charge is 2.28. The number of nitrogens with two attached hydrogens (primary N) is 3. The molecule has 0 aromatic carbocycles. The molecule has 0 heterocycles. The van der Waals surface area contributed by atoms with Gasteiger partial charge in [0.05, 0.1) is 6.04 Å². The van der Waals surface area contributed by atoms with Crippen molar-refractivity contribution in [1.29, 1.82) is 0 Å². The molecule has 0 saturated heterocycles. The Bertz CT molecular complexity index is 605. The minimum Gasteiger partial charge on any atom is -0.481 e. The number of amides is 2. The van der Waals surface area contributed by atoms with Crippen LogP contribution in [0.2, 0.25) is 0 Å². The van der Waals surface area contributed by atoms with Gasteiger partial charge in [-0.05, 0) is 31.6 Å². The Morgan fingerprint density at radius 2 is 1.55 bits per heavy atom. The van der Waals surface area contributed by atoms with Crippen LogP contribution in [0.25, 0.3) is 0 Å². The van der Waals surface area contributed by atoms with Gasteiger partial charge in [0, 0.05) is 13.0 Å². The van der Waals surface area contributed by atoms with Crippen molar-refractivity contribution in [3.8, 4) is 0 Å². The van der Waals surface area contributed by atoms with Gasteiger partial charge in [0.25, 0.3) is 0 Å². The Morgan fingerprint density at radius 3 is 2.03 bits per heavy atom. The first-order chi connectivity index (χ1) is 13.4. The first-order valence-electron chi connectivity index (χ1n) is 9.30. The monoisotopic (exact) mass is 416 g/mol. The maximum absolute atomic E-state index is 12.5. The number of hydrogen-bond donors (Lipinski definition) is 7. The number of rotatable bonds is 14. The average Bonchev–Trinajstić information content (AvgIpc) is 2.59. The van der Waals surface area contributed by atoms with Crippen molar-refractivity contribution in [1.82, 2.24) is 10.6 Å². The van der Waals surface area contributed by atoms with E-state index in [-0.39, 0.29) is 37.7 Å². The number of carbonyl (C=O) groups is 4. The van der Waals surface area contributed by atoms with E-state index in [4.69, 9.17) is 22.3 Å². The molecule has 0 spiro atoms. The van der Waals surface area contributed by atoms with Crippen molar-refractivity contribution in [3.05, 3.63) is 0 Å². The van der Waals surface area contributed by atoms with Crippen LogP contribution in [0.15, 0.2) is 4.99 Å². The van der Waals surface area contributed by atoms with Crippen molar-refractivity contribution in [2.45, 2.75) is 64.1 Å². The van der Waals surface area contributed by atoms with E-state index in [1.807, 2.05) is 13.8 Å². The zero-order valence-corrected chi connectivity index (χ0v) is 16.8. The number of aliphatic imine (C=N–C) groups is 1. The summed E-state index contributed by atoms with van der Waals surface area (Å²) in [5.74, 6) is -3.83. The van der Waals surface area contributed by atoms with Gasteiger partial charge in [0.2, 0.25) is 11.8 Å². The second-order valence-electron chi connectivity index (χ2n) is 7.08. The third-order valence-electron chi connectivity index (χ3n) is 3.90. The van der Waals surface area contributed by atoms with E-state index in [0.29, 0.717) is 12.8 Å². The average molecular weight is 416 g/mol. The van der Waals surface area contributed by atoms with Gasteiger partial charge in [-0.25, -0.2) is 4.79 Å². The molecule has 0 fully saturated rings. The Balaban J connectivity index is 5.05. The van der Waals surface area contributed by atoms with Gasteiger partial charge in [0.15, 0.2) is 5.96 Å². The van der Waals surface area contributed by atoms with Crippen LogP contribution in [-0.2, 0) is 19.2 Å².